The lowest BCUT2D eigenvalue weighted by Crippen LogP contribution is -2.22. The van der Waals surface area contributed by atoms with Crippen molar-refractivity contribution < 1.29 is 26.6 Å². The molecule has 0 bridgehead atoms. The van der Waals surface area contributed by atoms with Crippen LogP contribution in [0.25, 0.3) is 0 Å². The minimum absolute atomic E-state index is 0.167. The molecule has 0 rings (SSSR count). The highest BCUT2D eigenvalue weighted by Crippen LogP contribution is 1.97. The van der Waals surface area contributed by atoms with Crippen LogP contribution in [0.15, 0.2) is 0 Å². The highest BCUT2D eigenvalue weighted by Gasteiger charge is 2.09. The van der Waals surface area contributed by atoms with Crippen molar-refractivity contribution in [3.05, 3.63) is 0 Å². The number of carbonyl (C=O) groups excluding carboxylic acids is 1. The second-order valence-corrected chi connectivity index (χ2v) is 12.2. The summed E-state index contributed by atoms with van der Waals surface area (Å²) < 4.78 is 32.8. The zero-order chi connectivity index (χ0) is 19.4. The second-order valence-electron chi connectivity index (χ2n) is 4.94. The molecule has 0 saturated heterocycles. The molecule has 0 spiro atoms. The van der Waals surface area contributed by atoms with E-state index in [1.807, 2.05) is 0 Å². The van der Waals surface area contributed by atoms with Gasteiger partial charge in [-0.15, -0.1) is 0 Å². The standard InChI is InChI=1S/C4H12OSi.C3H6O.C2H6O2S.C2H6OS.C2H6O/c1-5-6(2,3)4;1-3(2)4;1-4-5(2)3;1-4(2)3;1-3-2/h1-4H3;1-2H3;1-2H3;1-2H3;1-2H3. The first-order valence-electron chi connectivity index (χ1n) is 6.27. The third kappa shape index (κ3) is 284. The summed E-state index contributed by atoms with van der Waals surface area (Å²) >= 11 is -1.07. The molecule has 0 aromatic heterocycles. The Morgan fingerprint density at radius 2 is 0.955 bits per heavy atom. The first kappa shape index (κ1) is 33.6. The lowest BCUT2D eigenvalue weighted by molar-refractivity contribution is -0.114. The molecule has 0 saturated carbocycles. The van der Waals surface area contributed by atoms with Crippen molar-refractivity contribution >= 4 is 36.0 Å². The van der Waals surface area contributed by atoms with Gasteiger partial charge in [-0.1, -0.05) is 0 Å². The summed E-state index contributed by atoms with van der Waals surface area (Å²) in [5, 5.41) is 0. The molecule has 0 radical (unpaired) electrons. The lowest BCUT2D eigenvalue weighted by Gasteiger charge is -2.10. The van der Waals surface area contributed by atoms with E-state index in [-0.39, 0.29) is 5.78 Å². The van der Waals surface area contributed by atoms with Crippen molar-refractivity contribution in [2.75, 3.05) is 47.2 Å². The Hall–Kier alpha value is 0.0669. The molecule has 0 aliphatic heterocycles. The normalized spacial score (nSPS) is 10.2. The first-order valence-corrected chi connectivity index (χ1v) is 13.1. The van der Waals surface area contributed by atoms with Gasteiger partial charge in [-0.25, -0.2) is 4.21 Å². The summed E-state index contributed by atoms with van der Waals surface area (Å²) in [4.78, 5) is 9.44. The van der Waals surface area contributed by atoms with E-state index in [0.717, 1.165) is 0 Å². The first-order chi connectivity index (χ1) is 9.71. The van der Waals surface area contributed by atoms with Crippen molar-refractivity contribution in [1.82, 2.24) is 0 Å². The second kappa shape index (κ2) is 26.0. The smallest absolute Gasteiger partial charge is 0.183 e. The van der Waals surface area contributed by atoms with Crippen LogP contribution in [0.4, 0.5) is 0 Å². The van der Waals surface area contributed by atoms with E-state index in [1.165, 1.54) is 27.2 Å². The Morgan fingerprint density at radius 1 is 0.864 bits per heavy atom. The van der Waals surface area contributed by atoms with Gasteiger partial charge < -0.3 is 14.0 Å². The van der Waals surface area contributed by atoms with Gasteiger partial charge in [-0.3, -0.25) is 8.39 Å². The van der Waals surface area contributed by atoms with Gasteiger partial charge in [-0.05, 0) is 33.5 Å². The van der Waals surface area contributed by atoms with Crippen LogP contribution >= 0.6 is 0 Å². The Morgan fingerprint density at radius 3 is 0.955 bits per heavy atom. The van der Waals surface area contributed by atoms with Crippen molar-refractivity contribution in [2.24, 2.45) is 0 Å². The van der Waals surface area contributed by atoms with Crippen molar-refractivity contribution in [3.8, 4) is 0 Å². The molecule has 9 heteroatoms. The van der Waals surface area contributed by atoms with Crippen LogP contribution < -0.4 is 0 Å². The number of ketones is 1. The average molecular weight is 381 g/mol. The minimum Gasteiger partial charge on any atom is -0.421 e. The number of hydrogen-bond acceptors (Lipinski definition) is 6. The summed E-state index contributed by atoms with van der Waals surface area (Å²) in [7, 11) is 4.68. The summed E-state index contributed by atoms with van der Waals surface area (Å²) in [6, 6.07) is 0. The van der Waals surface area contributed by atoms with Crippen LogP contribution in [-0.2, 0) is 40.0 Å². The number of hydrogen-bond donors (Lipinski definition) is 0. The van der Waals surface area contributed by atoms with Gasteiger partial charge in [0.15, 0.2) is 19.4 Å². The third-order valence-corrected chi connectivity index (χ3v) is 2.54. The zero-order valence-electron chi connectivity index (χ0n) is 16.3. The highest BCUT2D eigenvalue weighted by atomic mass is 32.2. The fraction of sp³-hybridized carbons (Fsp3) is 0.923. The molecule has 0 aliphatic rings. The monoisotopic (exact) mass is 380 g/mol. The number of methoxy groups -OCH3 is 1. The van der Waals surface area contributed by atoms with Crippen LogP contribution in [0.5, 0.6) is 0 Å². The Bertz CT molecular complexity index is 248. The van der Waals surface area contributed by atoms with E-state index in [0.29, 0.717) is 0 Å². The number of Topliss-reactive ketones (excluding diaryl/α,β-unsaturated/α-hetero) is 1. The molecule has 1 unspecified atom stereocenters. The van der Waals surface area contributed by atoms with Gasteiger partial charge >= 0.3 is 0 Å². The summed E-state index contributed by atoms with van der Waals surface area (Å²) in [5.74, 6) is 0.167. The topological polar surface area (TPSA) is 78.9 Å². The Balaban J connectivity index is -0.0000000559. The third-order valence-electron chi connectivity index (χ3n) is 0.847. The van der Waals surface area contributed by atoms with E-state index >= 15 is 0 Å². The molecule has 1 atom stereocenters. The van der Waals surface area contributed by atoms with E-state index in [9.17, 15) is 13.2 Å². The van der Waals surface area contributed by atoms with E-state index in [2.05, 4.69) is 28.6 Å². The van der Waals surface area contributed by atoms with Gasteiger partial charge in [0.1, 0.15) is 5.78 Å². The molecule has 0 aliphatic carbocycles. The summed E-state index contributed by atoms with van der Waals surface area (Å²) in [6.45, 7) is 9.53. The van der Waals surface area contributed by atoms with Gasteiger partial charge in [0, 0.05) is 50.9 Å². The van der Waals surface area contributed by atoms with Gasteiger partial charge in [0.25, 0.3) is 0 Å². The maximum absolute atomic E-state index is 9.70. The lowest BCUT2D eigenvalue weighted by atomic mass is 10.6. The molecule has 0 N–H and O–H groups in total. The number of carbonyl (C=O) groups is 1. The van der Waals surface area contributed by atoms with Crippen LogP contribution in [0.2, 0.25) is 19.6 Å². The zero-order valence-corrected chi connectivity index (χ0v) is 18.9. The number of rotatable bonds is 2. The van der Waals surface area contributed by atoms with Gasteiger partial charge in [-0.2, -0.15) is 0 Å². The van der Waals surface area contributed by atoms with Gasteiger partial charge in [0.05, 0.1) is 7.11 Å². The van der Waals surface area contributed by atoms with Crippen molar-refractivity contribution in [2.45, 2.75) is 33.5 Å². The largest absolute Gasteiger partial charge is 0.421 e. The fourth-order valence-electron chi connectivity index (χ4n) is 0. The molecule has 0 heterocycles. The molecule has 0 aromatic carbocycles. The molecule has 140 valence electrons. The number of ether oxygens (including phenoxy) is 1. The fourth-order valence-corrected chi connectivity index (χ4v) is 0. The molecule has 22 heavy (non-hydrogen) atoms. The van der Waals surface area contributed by atoms with Crippen LogP contribution in [-0.4, -0.2) is 69.7 Å². The van der Waals surface area contributed by atoms with E-state index < -0.39 is 30.2 Å². The van der Waals surface area contributed by atoms with E-state index in [4.69, 9.17) is 4.43 Å². The molecular weight excluding hydrogens is 344 g/mol. The Labute approximate surface area is 143 Å². The van der Waals surface area contributed by atoms with E-state index in [1.54, 1.807) is 33.8 Å². The molecule has 0 aromatic rings. The minimum atomic E-state index is -1.13. The van der Waals surface area contributed by atoms with Gasteiger partial charge in [0.2, 0.25) is 0 Å². The van der Waals surface area contributed by atoms with Crippen LogP contribution in [0, 0.1) is 0 Å². The maximum Gasteiger partial charge on any atom is 0.183 e. The molecule has 0 amide bonds. The van der Waals surface area contributed by atoms with Crippen LogP contribution in [0.1, 0.15) is 13.8 Å². The predicted octanol–water partition coefficient (Wildman–Crippen LogP) is 2.25. The maximum atomic E-state index is 9.70. The quantitative estimate of drug-likeness (QED) is 0.684. The van der Waals surface area contributed by atoms with Crippen molar-refractivity contribution in [1.29, 1.82) is 0 Å². The predicted molar refractivity (Wildman–Crippen MR) is 101 cm³/mol. The van der Waals surface area contributed by atoms with Crippen molar-refractivity contribution in [3.63, 3.8) is 0 Å². The summed E-state index contributed by atoms with van der Waals surface area (Å²) in [6.07, 6.45) is 4.75. The van der Waals surface area contributed by atoms with Crippen LogP contribution in [0.3, 0.4) is 0 Å². The summed E-state index contributed by atoms with van der Waals surface area (Å²) in [5.41, 5.74) is 0. The Kier molecular flexibility index (Phi) is 39.7. The molecular formula is C13H36O6S2Si. The average Bonchev–Trinajstić information content (AvgIpc) is 2.28. The SMILES string of the molecule is CC(C)=O.COC.COS(C)=O.CO[Si](C)(C)C.CS(C)=O. The highest BCUT2D eigenvalue weighted by molar-refractivity contribution is 7.83. The molecule has 0 fully saturated rings. The molecule has 6 nitrogen and oxygen atoms in total.